The van der Waals surface area contributed by atoms with Crippen LogP contribution in [-0.2, 0) is 11.3 Å². The first-order chi connectivity index (χ1) is 16.3. The van der Waals surface area contributed by atoms with Crippen LogP contribution >= 0.6 is 0 Å². The van der Waals surface area contributed by atoms with E-state index in [0.717, 1.165) is 16.8 Å². The number of hydrogen-bond acceptors (Lipinski definition) is 6. The van der Waals surface area contributed by atoms with Gasteiger partial charge in [0, 0.05) is 29.7 Å². The molecule has 0 saturated heterocycles. The minimum absolute atomic E-state index is 0.153. The fourth-order valence-corrected chi connectivity index (χ4v) is 3.33. The number of carbonyl (C=O) groups is 1. The molecule has 1 aromatic carbocycles. The van der Waals surface area contributed by atoms with Crippen molar-refractivity contribution in [2.24, 2.45) is 0 Å². The Morgan fingerprint density at radius 3 is 2.47 bits per heavy atom. The molecule has 176 valence electrons. The zero-order valence-corrected chi connectivity index (χ0v) is 19.7. The van der Waals surface area contributed by atoms with Gasteiger partial charge in [0.05, 0.1) is 18.7 Å². The molecule has 0 bridgehead atoms. The fraction of sp³-hybridized carbons (Fsp3) is 0.308. The molecule has 3 rings (SSSR count). The van der Waals surface area contributed by atoms with Gasteiger partial charge in [-0.05, 0) is 57.5 Å². The van der Waals surface area contributed by atoms with Gasteiger partial charge in [0.25, 0.3) is 5.56 Å². The SMILES string of the molecule is Cc1cc(OCc2ncccn2)cc(=O)n1[C@H](C)c1ccc(C#CCNC(=O)OC(C)C)cc1. The molecule has 0 fully saturated rings. The Morgan fingerprint density at radius 2 is 1.82 bits per heavy atom. The average Bonchev–Trinajstić information content (AvgIpc) is 2.80. The molecule has 1 N–H and O–H groups in total. The number of aryl methyl sites for hydroxylation is 1. The van der Waals surface area contributed by atoms with Gasteiger partial charge in [-0.15, -0.1) is 0 Å². The Balaban J connectivity index is 1.64. The average molecular weight is 461 g/mol. The van der Waals surface area contributed by atoms with Gasteiger partial charge in [-0.25, -0.2) is 14.8 Å². The van der Waals surface area contributed by atoms with Crippen molar-refractivity contribution in [3.05, 3.63) is 87.9 Å². The van der Waals surface area contributed by atoms with Gasteiger partial charge in [-0.2, -0.15) is 0 Å². The highest BCUT2D eigenvalue weighted by atomic mass is 16.6. The minimum atomic E-state index is -0.487. The number of pyridine rings is 1. The Morgan fingerprint density at radius 1 is 1.12 bits per heavy atom. The first kappa shape index (κ1) is 24.5. The summed E-state index contributed by atoms with van der Waals surface area (Å²) in [5, 5.41) is 2.58. The van der Waals surface area contributed by atoms with Gasteiger partial charge >= 0.3 is 6.09 Å². The lowest BCUT2D eigenvalue weighted by molar-refractivity contribution is 0.117. The summed E-state index contributed by atoms with van der Waals surface area (Å²) in [6, 6.07) is 12.5. The van der Waals surface area contributed by atoms with Crippen LogP contribution in [0.3, 0.4) is 0 Å². The second-order valence-corrected chi connectivity index (χ2v) is 7.90. The summed E-state index contributed by atoms with van der Waals surface area (Å²) in [7, 11) is 0. The molecule has 34 heavy (non-hydrogen) atoms. The van der Waals surface area contributed by atoms with Crippen molar-refractivity contribution in [3.63, 3.8) is 0 Å². The highest BCUT2D eigenvalue weighted by molar-refractivity contribution is 5.67. The van der Waals surface area contributed by atoms with E-state index in [2.05, 4.69) is 27.1 Å². The van der Waals surface area contributed by atoms with Crippen molar-refractivity contribution >= 4 is 6.09 Å². The second-order valence-electron chi connectivity index (χ2n) is 7.90. The summed E-state index contributed by atoms with van der Waals surface area (Å²) in [5.41, 5.74) is 2.42. The van der Waals surface area contributed by atoms with Crippen LogP contribution in [0, 0.1) is 18.8 Å². The van der Waals surface area contributed by atoms with Gasteiger partial charge in [-0.1, -0.05) is 24.0 Å². The summed E-state index contributed by atoms with van der Waals surface area (Å²) in [5.74, 6) is 6.93. The van der Waals surface area contributed by atoms with Crippen LogP contribution in [0.15, 0.2) is 59.7 Å². The van der Waals surface area contributed by atoms with Crippen LogP contribution in [0.5, 0.6) is 5.75 Å². The highest BCUT2D eigenvalue weighted by Gasteiger charge is 2.13. The molecule has 2 aromatic heterocycles. The number of carbonyl (C=O) groups excluding carboxylic acids is 1. The van der Waals surface area contributed by atoms with Crippen LogP contribution in [0.4, 0.5) is 4.79 Å². The number of benzene rings is 1. The fourth-order valence-electron chi connectivity index (χ4n) is 3.33. The number of alkyl carbamates (subject to hydrolysis) is 1. The molecule has 0 aliphatic rings. The Kier molecular flexibility index (Phi) is 8.41. The first-order valence-electron chi connectivity index (χ1n) is 11.0. The standard InChI is InChI=1S/C26H28N4O4/c1-18(2)34-26(32)29-12-5-7-21-8-10-22(11-9-21)20(4)30-19(3)15-23(16-25(30)31)33-17-24-27-13-6-14-28-24/h6,8-11,13-16,18,20H,12,17H2,1-4H3,(H,29,32)/t20-/m1/s1. The summed E-state index contributed by atoms with van der Waals surface area (Å²) >= 11 is 0. The summed E-state index contributed by atoms with van der Waals surface area (Å²) in [6.45, 7) is 7.80. The monoisotopic (exact) mass is 460 g/mol. The van der Waals surface area contributed by atoms with Gasteiger partial charge in [0.1, 0.15) is 12.4 Å². The Hall–Kier alpha value is -4.12. The molecule has 0 spiro atoms. The van der Waals surface area contributed by atoms with Gasteiger partial charge < -0.3 is 19.4 Å². The van der Waals surface area contributed by atoms with Crippen molar-refractivity contribution < 1.29 is 14.3 Å². The van der Waals surface area contributed by atoms with Crippen molar-refractivity contribution in [1.82, 2.24) is 19.9 Å². The van der Waals surface area contributed by atoms with Crippen molar-refractivity contribution in [2.75, 3.05) is 6.54 Å². The lowest BCUT2D eigenvalue weighted by Crippen LogP contribution is -2.26. The van der Waals surface area contributed by atoms with E-state index < -0.39 is 6.09 Å². The van der Waals surface area contributed by atoms with Gasteiger partial charge in [0.15, 0.2) is 5.82 Å². The molecule has 0 aliphatic carbocycles. The molecular weight excluding hydrogens is 432 g/mol. The second kappa shape index (κ2) is 11.7. The molecule has 0 aliphatic heterocycles. The number of nitrogens with zero attached hydrogens (tertiary/aromatic N) is 3. The lowest BCUT2D eigenvalue weighted by Gasteiger charge is -2.19. The van der Waals surface area contributed by atoms with Gasteiger partial charge in [0.2, 0.25) is 0 Å². The third-order valence-corrected chi connectivity index (χ3v) is 4.90. The summed E-state index contributed by atoms with van der Waals surface area (Å²) in [6.07, 6.45) is 2.63. The predicted molar refractivity (Wildman–Crippen MR) is 129 cm³/mol. The van der Waals surface area contributed by atoms with E-state index in [4.69, 9.17) is 9.47 Å². The number of nitrogens with one attached hydrogen (secondary N) is 1. The molecule has 3 aromatic rings. The molecule has 8 heteroatoms. The number of amides is 1. The third-order valence-electron chi connectivity index (χ3n) is 4.90. The molecule has 0 unspecified atom stereocenters. The highest BCUT2D eigenvalue weighted by Crippen LogP contribution is 2.21. The maximum atomic E-state index is 12.8. The largest absolute Gasteiger partial charge is 0.485 e. The quantitative estimate of drug-likeness (QED) is 0.541. The Labute approximate surface area is 199 Å². The van der Waals surface area contributed by atoms with E-state index in [1.54, 1.807) is 36.9 Å². The van der Waals surface area contributed by atoms with E-state index in [0.29, 0.717) is 11.6 Å². The van der Waals surface area contributed by atoms with Crippen molar-refractivity contribution in [1.29, 1.82) is 0 Å². The van der Waals surface area contributed by atoms with E-state index in [1.807, 2.05) is 44.2 Å². The molecule has 8 nitrogen and oxygen atoms in total. The smallest absolute Gasteiger partial charge is 0.408 e. The lowest BCUT2D eigenvalue weighted by atomic mass is 10.1. The van der Waals surface area contributed by atoms with Gasteiger partial charge in [-0.3, -0.25) is 4.79 Å². The number of aromatic nitrogens is 3. The van der Waals surface area contributed by atoms with Crippen LogP contribution in [0.25, 0.3) is 0 Å². The molecule has 0 saturated carbocycles. The van der Waals surface area contributed by atoms with Crippen LogP contribution in [0.2, 0.25) is 0 Å². The third kappa shape index (κ3) is 6.94. The van der Waals surface area contributed by atoms with E-state index in [9.17, 15) is 9.59 Å². The molecule has 2 heterocycles. The van der Waals surface area contributed by atoms with Crippen molar-refractivity contribution in [2.45, 2.75) is 46.4 Å². The summed E-state index contributed by atoms with van der Waals surface area (Å²) in [4.78, 5) is 32.5. The van der Waals surface area contributed by atoms with E-state index >= 15 is 0 Å². The van der Waals surface area contributed by atoms with Crippen LogP contribution in [0.1, 0.15) is 49.5 Å². The maximum absolute atomic E-state index is 12.8. The molecular formula is C26H28N4O4. The van der Waals surface area contributed by atoms with Crippen LogP contribution < -0.4 is 15.6 Å². The maximum Gasteiger partial charge on any atom is 0.408 e. The molecule has 1 atom stereocenters. The predicted octanol–water partition coefficient (Wildman–Crippen LogP) is 3.62. The summed E-state index contributed by atoms with van der Waals surface area (Å²) < 4.78 is 12.4. The number of hydrogen-bond donors (Lipinski definition) is 1. The van der Waals surface area contributed by atoms with E-state index in [1.165, 1.54) is 6.07 Å². The zero-order valence-electron chi connectivity index (χ0n) is 19.7. The number of ether oxygens (including phenoxy) is 2. The first-order valence-corrected chi connectivity index (χ1v) is 11.0. The van der Waals surface area contributed by atoms with E-state index in [-0.39, 0.29) is 30.9 Å². The normalized spacial score (nSPS) is 11.3. The Bertz CT molecular complexity index is 1230. The number of rotatable bonds is 7. The molecule has 0 radical (unpaired) electrons. The topological polar surface area (TPSA) is 95.3 Å². The van der Waals surface area contributed by atoms with Crippen molar-refractivity contribution in [3.8, 4) is 17.6 Å². The molecule has 1 amide bonds. The minimum Gasteiger partial charge on any atom is -0.485 e. The van der Waals surface area contributed by atoms with Crippen LogP contribution in [-0.4, -0.2) is 33.3 Å². The zero-order chi connectivity index (χ0) is 24.5.